The van der Waals surface area contributed by atoms with Crippen LogP contribution in [0.4, 0.5) is 0 Å². The first kappa shape index (κ1) is 67.4. The van der Waals surface area contributed by atoms with E-state index in [-0.39, 0.29) is 32.6 Å². The lowest BCUT2D eigenvalue weighted by molar-refractivity contribution is -0.161. The van der Waals surface area contributed by atoms with Gasteiger partial charge in [-0.3, -0.25) is 18.6 Å². The monoisotopic (exact) mass is 1010 g/mol. The summed E-state index contributed by atoms with van der Waals surface area (Å²) < 4.78 is 33.0. The van der Waals surface area contributed by atoms with Gasteiger partial charge in [0, 0.05) is 19.4 Å². The van der Waals surface area contributed by atoms with E-state index in [0.717, 1.165) is 128 Å². The Kier molecular flexibility index (Phi) is 52.9. The molecule has 0 fully saturated rings. The lowest BCUT2D eigenvalue weighted by Gasteiger charge is -2.19. The number of carbonyl (C=O) groups is 2. The number of esters is 2. The van der Waals surface area contributed by atoms with E-state index in [1.807, 2.05) is 0 Å². The number of rotatable bonds is 51. The first-order valence-electron chi connectivity index (χ1n) is 28.0. The van der Waals surface area contributed by atoms with Crippen molar-refractivity contribution in [2.45, 2.75) is 225 Å². The highest BCUT2D eigenvalue weighted by Crippen LogP contribution is 2.43. The largest absolute Gasteiger partial charge is 0.472 e. The van der Waals surface area contributed by atoms with Gasteiger partial charge in [-0.05, 0) is 103 Å². The minimum atomic E-state index is -4.40. The van der Waals surface area contributed by atoms with Crippen LogP contribution < -0.4 is 5.73 Å². The molecule has 0 aromatic carbocycles. The summed E-state index contributed by atoms with van der Waals surface area (Å²) in [6.07, 6.45) is 76.7. The molecule has 0 spiro atoms. The number of allylic oxidation sites excluding steroid dienone is 20. The van der Waals surface area contributed by atoms with Gasteiger partial charge in [0.15, 0.2) is 6.10 Å². The van der Waals surface area contributed by atoms with Crippen LogP contribution in [0.1, 0.15) is 219 Å². The Labute approximate surface area is 434 Å². The Bertz CT molecular complexity index is 1570. The third kappa shape index (κ3) is 55.6. The van der Waals surface area contributed by atoms with Crippen molar-refractivity contribution in [3.8, 4) is 0 Å². The summed E-state index contributed by atoms with van der Waals surface area (Å²) in [5.41, 5.74) is 5.38. The predicted molar refractivity (Wildman–Crippen MR) is 302 cm³/mol. The Morgan fingerprint density at radius 3 is 1.08 bits per heavy atom. The van der Waals surface area contributed by atoms with Crippen molar-refractivity contribution in [2.75, 3.05) is 26.4 Å². The van der Waals surface area contributed by atoms with E-state index in [9.17, 15) is 19.0 Å². The molecule has 404 valence electrons. The van der Waals surface area contributed by atoms with Gasteiger partial charge < -0.3 is 20.1 Å². The molecule has 10 heteroatoms. The minimum Gasteiger partial charge on any atom is -0.462 e. The molecule has 0 saturated carbocycles. The molecule has 0 aliphatic heterocycles. The third-order valence-electron chi connectivity index (χ3n) is 11.3. The summed E-state index contributed by atoms with van der Waals surface area (Å²) >= 11 is 0. The SMILES string of the molecule is CC/C=C\C/C=C\C/C=C\C/C=C\C/C=C\C/C=C\CCCCCCCCC(=O)OC(COC(=O)CCCCCCCCCCCCCC/C=C\C/C=C\C/C=C\C/C=C\CC)COP(=O)(O)OCCN. The second-order valence-corrected chi connectivity index (χ2v) is 19.5. The molecule has 2 atom stereocenters. The first-order chi connectivity index (χ1) is 34.8. The number of nitrogens with two attached hydrogens (primary N) is 1. The van der Waals surface area contributed by atoms with E-state index in [1.54, 1.807) is 0 Å². The van der Waals surface area contributed by atoms with Crippen LogP contribution in [-0.2, 0) is 32.7 Å². The summed E-state index contributed by atoms with van der Waals surface area (Å²) in [7, 11) is -4.40. The molecule has 0 saturated heterocycles. The Morgan fingerprint density at radius 1 is 0.423 bits per heavy atom. The van der Waals surface area contributed by atoms with E-state index < -0.39 is 32.5 Å². The quantitative estimate of drug-likeness (QED) is 0.0264. The fourth-order valence-electron chi connectivity index (χ4n) is 7.28. The molecule has 0 rings (SSSR count). The maximum absolute atomic E-state index is 12.7. The zero-order chi connectivity index (χ0) is 51.7. The van der Waals surface area contributed by atoms with E-state index in [4.69, 9.17) is 24.3 Å². The van der Waals surface area contributed by atoms with Crippen LogP contribution in [-0.4, -0.2) is 49.3 Å². The van der Waals surface area contributed by atoms with Crippen LogP contribution in [0.25, 0.3) is 0 Å². The molecule has 0 bridgehead atoms. The van der Waals surface area contributed by atoms with Crippen LogP contribution in [0.5, 0.6) is 0 Å². The van der Waals surface area contributed by atoms with Crippen molar-refractivity contribution in [2.24, 2.45) is 5.73 Å². The summed E-state index contributed by atoms with van der Waals surface area (Å²) in [5.74, 6) is -0.853. The standard InChI is InChI=1S/C61H102NO8P/c1-3-5-7-9-11-13-15-17-19-21-23-25-27-29-31-33-35-37-39-41-43-45-47-49-51-53-60(63)67-57-59(58-69-71(65,66)68-56-55-62)70-61(64)54-52-50-48-46-44-42-40-38-36-34-32-30-28-26-24-22-20-18-16-14-12-10-8-6-4-2/h5-8,11-14,17-20,23-26,30,32,36,38,59H,3-4,9-10,15-16,21-22,27-29,31,33-35,37,39-58,62H2,1-2H3,(H,65,66)/b7-5-,8-6-,13-11-,14-12-,19-17-,20-18-,25-23-,26-24-,32-30-,38-36-. The van der Waals surface area contributed by atoms with Crippen LogP contribution in [0, 0.1) is 0 Å². The second-order valence-electron chi connectivity index (χ2n) is 18.0. The smallest absolute Gasteiger partial charge is 0.462 e. The summed E-state index contributed by atoms with van der Waals surface area (Å²) in [6, 6.07) is 0. The molecule has 0 aliphatic carbocycles. The Balaban J connectivity index is 4.07. The first-order valence-corrected chi connectivity index (χ1v) is 29.5. The van der Waals surface area contributed by atoms with Gasteiger partial charge in [0.1, 0.15) is 6.61 Å². The zero-order valence-corrected chi connectivity index (χ0v) is 45.8. The average molecular weight is 1010 g/mol. The number of hydrogen-bond donors (Lipinski definition) is 2. The molecule has 0 heterocycles. The van der Waals surface area contributed by atoms with Crippen molar-refractivity contribution in [1.29, 1.82) is 0 Å². The molecular weight excluding hydrogens is 906 g/mol. The van der Waals surface area contributed by atoms with Gasteiger partial charge in [-0.25, -0.2) is 4.57 Å². The van der Waals surface area contributed by atoms with Gasteiger partial charge in [-0.1, -0.05) is 225 Å². The Hall–Kier alpha value is -3.59. The maximum atomic E-state index is 12.7. The molecular formula is C61H102NO8P. The van der Waals surface area contributed by atoms with Gasteiger partial charge in [-0.15, -0.1) is 0 Å². The minimum absolute atomic E-state index is 0.0440. The normalized spacial score (nSPS) is 14.0. The molecule has 9 nitrogen and oxygen atoms in total. The van der Waals surface area contributed by atoms with Gasteiger partial charge in [0.2, 0.25) is 0 Å². The molecule has 0 radical (unpaired) electrons. The number of ether oxygens (including phenoxy) is 2. The van der Waals surface area contributed by atoms with E-state index in [2.05, 4.69) is 135 Å². The molecule has 71 heavy (non-hydrogen) atoms. The number of unbranched alkanes of at least 4 members (excludes halogenated alkanes) is 18. The molecule has 0 amide bonds. The van der Waals surface area contributed by atoms with E-state index in [0.29, 0.717) is 6.42 Å². The summed E-state index contributed by atoms with van der Waals surface area (Å²) in [4.78, 5) is 35.2. The third-order valence-corrected chi connectivity index (χ3v) is 12.3. The van der Waals surface area contributed by atoms with E-state index in [1.165, 1.54) is 57.8 Å². The van der Waals surface area contributed by atoms with Crippen LogP contribution >= 0.6 is 7.82 Å². The van der Waals surface area contributed by atoms with Gasteiger partial charge in [-0.2, -0.15) is 0 Å². The molecule has 0 aliphatic rings. The highest BCUT2D eigenvalue weighted by atomic mass is 31.2. The highest BCUT2D eigenvalue weighted by molar-refractivity contribution is 7.47. The zero-order valence-electron chi connectivity index (χ0n) is 44.9. The van der Waals surface area contributed by atoms with Crippen molar-refractivity contribution in [1.82, 2.24) is 0 Å². The topological polar surface area (TPSA) is 134 Å². The highest BCUT2D eigenvalue weighted by Gasteiger charge is 2.26. The van der Waals surface area contributed by atoms with E-state index >= 15 is 0 Å². The lowest BCUT2D eigenvalue weighted by atomic mass is 10.0. The van der Waals surface area contributed by atoms with Gasteiger partial charge in [0.05, 0.1) is 13.2 Å². The predicted octanol–water partition coefficient (Wildman–Crippen LogP) is 17.6. The number of phosphoric ester groups is 1. The summed E-state index contributed by atoms with van der Waals surface area (Å²) in [6.45, 7) is 3.49. The number of carbonyl (C=O) groups excluding carboxylic acids is 2. The molecule has 2 unspecified atom stereocenters. The molecule has 0 aromatic heterocycles. The van der Waals surface area contributed by atoms with Crippen LogP contribution in [0.3, 0.4) is 0 Å². The number of phosphoric acid groups is 1. The molecule has 0 aromatic rings. The Morgan fingerprint density at radius 2 is 0.732 bits per heavy atom. The van der Waals surface area contributed by atoms with Crippen LogP contribution in [0.2, 0.25) is 0 Å². The summed E-state index contributed by atoms with van der Waals surface area (Å²) in [5, 5.41) is 0. The van der Waals surface area contributed by atoms with Crippen molar-refractivity contribution in [3.05, 3.63) is 122 Å². The second kappa shape index (κ2) is 55.7. The van der Waals surface area contributed by atoms with Crippen molar-refractivity contribution >= 4 is 19.8 Å². The average Bonchev–Trinajstić information content (AvgIpc) is 3.36. The number of hydrogen-bond acceptors (Lipinski definition) is 8. The van der Waals surface area contributed by atoms with Crippen molar-refractivity contribution in [3.63, 3.8) is 0 Å². The van der Waals surface area contributed by atoms with Crippen LogP contribution in [0.15, 0.2) is 122 Å². The fourth-order valence-corrected chi connectivity index (χ4v) is 8.04. The lowest BCUT2D eigenvalue weighted by Crippen LogP contribution is -2.29. The molecule has 3 N–H and O–H groups in total. The van der Waals surface area contributed by atoms with Crippen molar-refractivity contribution < 1.29 is 37.6 Å². The maximum Gasteiger partial charge on any atom is 0.472 e. The van der Waals surface area contributed by atoms with Gasteiger partial charge >= 0.3 is 19.8 Å². The van der Waals surface area contributed by atoms with Gasteiger partial charge in [0.25, 0.3) is 0 Å². The fraction of sp³-hybridized carbons (Fsp3) is 0.639.